The zero-order chi connectivity index (χ0) is 37.5. The fourth-order valence-corrected chi connectivity index (χ4v) is 8.80. The van der Waals surface area contributed by atoms with Crippen LogP contribution in [-0.2, 0) is 0 Å². The number of nitrogens with zero attached hydrogens (tertiary/aromatic N) is 3. The Labute approximate surface area is 327 Å². The molecule has 0 fully saturated rings. The molecule has 12 rings (SSSR count). The SMILES string of the molecule is c1ccc(-c2ccccc2-c2nc(-c3ccc4ccccc4c3)nc(-c3cc4c5ccccc5c5ccccc5c4c4oc5cc6ccccc6cc5c34)n2)cc1. The van der Waals surface area contributed by atoms with Crippen molar-refractivity contribution >= 4 is 75.8 Å². The molecule has 0 aliphatic carbocycles. The maximum atomic E-state index is 7.08. The molecule has 0 saturated carbocycles. The maximum absolute atomic E-state index is 7.08. The van der Waals surface area contributed by atoms with Crippen molar-refractivity contribution in [3.05, 3.63) is 188 Å². The molecule has 12 aromatic rings. The molecule has 4 heteroatoms. The van der Waals surface area contributed by atoms with Crippen LogP contribution in [0.2, 0.25) is 0 Å². The summed E-state index contributed by atoms with van der Waals surface area (Å²) in [4.78, 5) is 16.1. The van der Waals surface area contributed by atoms with Gasteiger partial charge in [0.05, 0.1) is 0 Å². The van der Waals surface area contributed by atoms with Gasteiger partial charge >= 0.3 is 0 Å². The summed E-state index contributed by atoms with van der Waals surface area (Å²) in [5.74, 6) is 1.81. The molecule has 0 bridgehead atoms. The predicted octanol–water partition coefficient (Wildman–Crippen LogP) is 14.2. The predicted molar refractivity (Wildman–Crippen MR) is 236 cm³/mol. The average molecular weight is 726 g/mol. The fourth-order valence-electron chi connectivity index (χ4n) is 8.80. The zero-order valence-corrected chi connectivity index (χ0v) is 30.6. The monoisotopic (exact) mass is 725 g/mol. The van der Waals surface area contributed by atoms with E-state index in [1.54, 1.807) is 0 Å². The molecule has 2 aromatic heterocycles. The molecule has 0 aliphatic heterocycles. The molecule has 10 aromatic carbocycles. The summed E-state index contributed by atoms with van der Waals surface area (Å²) in [5.41, 5.74) is 6.57. The Hall–Kier alpha value is -7.69. The van der Waals surface area contributed by atoms with Gasteiger partial charge < -0.3 is 4.42 Å². The van der Waals surface area contributed by atoms with Crippen molar-refractivity contribution in [2.24, 2.45) is 0 Å². The molecule has 0 radical (unpaired) electrons. The molecule has 2 heterocycles. The van der Waals surface area contributed by atoms with Gasteiger partial charge in [-0.3, -0.25) is 0 Å². The summed E-state index contributed by atoms with van der Waals surface area (Å²) >= 11 is 0. The Morgan fingerprint density at radius 3 is 1.60 bits per heavy atom. The second-order valence-corrected chi connectivity index (χ2v) is 14.7. The fraction of sp³-hybridized carbons (Fsp3) is 0. The van der Waals surface area contributed by atoms with Gasteiger partial charge in [-0.25, -0.2) is 15.0 Å². The highest BCUT2D eigenvalue weighted by Gasteiger charge is 2.24. The summed E-state index contributed by atoms with van der Waals surface area (Å²) in [6.07, 6.45) is 0. The van der Waals surface area contributed by atoms with Crippen LogP contribution in [0.5, 0.6) is 0 Å². The van der Waals surface area contributed by atoms with Gasteiger partial charge in [0.2, 0.25) is 0 Å². The highest BCUT2D eigenvalue weighted by atomic mass is 16.3. The number of rotatable bonds is 4. The summed E-state index contributed by atoms with van der Waals surface area (Å²) in [7, 11) is 0. The minimum absolute atomic E-state index is 0.589. The van der Waals surface area contributed by atoms with E-state index in [1.807, 2.05) is 6.07 Å². The first-order valence-corrected chi connectivity index (χ1v) is 19.3. The number of aromatic nitrogens is 3. The molecular weight excluding hydrogens is 695 g/mol. The van der Waals surface area contributed by atoms with Gasteiger partial charge in [0.1, 0.15) is 11.2 Å². The number of benzene rings is 10. The first kappa shape index (κ1) is 31.6. The lowest BCUT2D eigenvalue weighted by molar-refractivity contribution is 0.673. The molecule has 4 nitrogen and oxygen atoms in total. The smallest absolute Gasteiger partial charge is 0.164 e. The molecule has 0 spiro atoms. The lowest BCUT2D eigenvalue weighted by atomic mass is 9.90. The van der Waals surface area contributed by atoms with E-state index in [0.29, 0.717) is 17.5 Å². The second kappa shape index (κ2) is 12.4. The van der Waals surface area contributed by atoms with Crippen LogP contribution in [0.25, 0.3) is 121 Å². The van der Waals surface area contributed by atoms with Crippen molar-refractivity contribution in [1.82, 2.24) is 15.0 Å². The molecule has 57 heavy (non-hydrogen) atoms. The quantitative estimate of drug-likeness (QED) is 0.170. The Kier molecular flexibility index (Phi) is 6.89. The van der Waals surface area contributed by atoms with E-state index in [1.165, 1.54) is 10.8 Å². The van der Waals surface area contributed by atoms with Crippen LogP contribution in [0.3, 0.4) is 0 Å². The third-order valence-corrected chi connectivity index (χ3v) is 11.5. The van der Waals surface area contributed by atoms with Crippen LogP contribution in [0, 0.1) is 0 Å². The Balaban J connectivity index is 1.24. The normalized spacial score (nSPS) is 11.9. The maximum Gasteiger partial charge on any atom is 0.164 e. The van der Waals surface area contributed by atoms with E-state index in [4.69, 9.17) is 19.4 Å². The van der Waals surface area contributed by atoms with Crippen molar-refractivity contribution in [2.75, 3.05) is 0 Å². The van der Waals surface area contributed by atoms with E-state index >= 15 is 0 Å². The Bertz CT molecular complexity index is 3590. The highest BCUT2D eigenvalue weighted by Crippen LogP contribution is 2.47. The van der Waals surface area contributed by atoms with Gasteiger partial charge in [-0.2, -0.15) is 0 Å². The van der Waals surface area contributed by atoms with Gasteiger partial charge in [0.15, 0.2) is 17.5 Å². The van der Waals surface area contributed by atoms with Crippen molar-refractivity contribution in [1.29, 1.82) is 0 Å². The standard InChI is InChI=1S/C53H31N3O/c1-2-15-33(16-3-1)38-20-8-13-25-43(38)52-54-51(37-27-26-32-14-4-5-17-34(32)28-37)55-53(56-52)46-31-44-41-23-10-9-21-39(41)40-22-11-12-24-42(40)48(44)50-49(46)45-29-35-18-6-7-19-36(35)30-47(45)57-50/h1-31H. The van der Waals surface area contributed by atoms with Crippen LogP contribution < -0.4 is 0 Å². The van der Waals surface area contributed by atoms with Crippen molar-refractivity contribution in [3.8, 4) is 45.3 Å². The van der Waals surface area contributed by atoms with Crippen molar-refractivity contribution in [3.63, 3.8) is 0 Å². The van der Waals surface area contributed by atoms with Crippen LogP contribution in [0.4, 0.5) is 0 Å². The molecule has 0 aliphatic rings. The summed E-state index contributed by atoms with van der Waals surface area (Å²) in [6.45, 7) is 0. The first-order valence-electron chi connectivity index (χ1n) is 19.3. The third kappa shape index (κ3) is 4.98. The van der Waals surface area contributed by atoms with Crippen LogP contribution in [0.15, 0.2) is 192 Å². The van der Waals surface area contributed by atoms with Crippen molar-refractivity contribution in [2.45, 2.75) is 0 Å². The Morgan fingerprint density at radius 2 is 0.842 bits per heavy atom. The number of fused-ring (bicyclic) bond motifs is 12. The Morgan fingerprint density at radius 1 is 0.298 bits per heavy atom. The van der Waals surface area contributed by atoms with Gasteiger partial charge in [-0.15, -0.1) is 0 Å². The first-order chi connectivity index (χ1) is 28.2. The molecule has 264 valence electrons. The van der Waals surface area contributed by atoms with Crippen LogP contribution in [0.1, 0.15) is 0 Å². The highest BCUT2D eigenvalue weighted by molar-refractivity contribution is 6.34. The number of furan rings is 1. The van der Waals surface area contributed by atoms with E-state index in [-0.39, 0.29) is 0 Å². The molecule has 0 atom stereocenters. The number of hydrogen-bond donors (Lipinski definition) is 0. The summed E-state index contributed by atoms with van der Waals surface area (Å²) in [6, 6.07) is 66.2. The summed E-state index contributed by atoms with van der Waals surface area (Å²) in [5, 5.41) is 13.4. The lowest BCUT2D eigenvalue weighted by Crippen LogP contribution is -2.01. The minimum atomic E-state index is 0.589. The van der Waals surface area contributed by atoms with Crippen LogP contribution in [-0.4, -0.2) is 15.0 Å². The van der Waals surface area contributed by atoms with Gasteiger partial charge in [-0.05, 0) is 83.9 Å². The topological polar surface area (TPSA) is 51.8 Å². The lowest BCUT2D eigenvalue weighted by Gasteiger charge is -2.15. The third-order valence-electron chi connectivity index (χ3n) is 11.5. The van der Waals surface area contributed by atoms with E-state index in [9.17, 15) is 0 Å². The summed E-state index contributed by atoms with van der Waals surface area (Å²) < 4.78 is 7.08. The average Bonchev–Trinajstić information content (AvgIpc) is 3.66. The van der Waals surface area contributed by atoms with Gasteiger partial charge in [0, 0.05) is 32.8 Å². The molecule has 0 unspecified atom stereocenters. The molecule has 0 N–H and O–H groups in total. The molecule has 0 amide bonds. The zero-order valence-electron chi connectivity index (χ0n) is 30.6. The largest absolute Gasteiger partial charge is 0.455 e. The molecular formula is C53H31N3O. The second-order valence-electron chi connectivity index (χ2n) is 14.7. The van der Waals surface area contributed by atoms with E-state index in [2.05, 4.69) is 182 Å². The van der Waals surface area contributed by atoms with E-state index in [0.717, 1.165) is 92.8 Å². The van der Waals surface area contributed by atoms with Crippen molar-refractivity contribution < 1.29 is 4.42 Å². The van der Waals surface area contributed by atoms with Gasteiger partial charge in [0.25, 0.3) is 0 Å². The molecule has 0 saturated heterocycles. The number of hydrogen-bond acceptors (Lipinski definition) is 4. The van der Waals surface area contributed by atoms with Crippen LogP contribution >= 0.6 is 0 Å². The minimum Gasteiger partial charge on any atom is -0.455 e. The van der Waals surface area contributed by atoms with E-state index < -0.39 is 0 Å². The van der Waals surface area contributed by atoms with Gasteiger partial charge in [-0.1, -0.05) is 164 Å².